The molecular formula is C14H15N5O2. The minimum absolute atomic E-state index is 0.0687. The Morgan fingerprint density at radius 1 is 1.05 bits per heavy atom. The van der Waals surface area contributed by atoms with E-state index in [2.05, 4.69) is 25.8 Å². The van der Waals surface area contributed by atoms with E-state index in [1.807, 2.05) is 0 Å². The lowest BCUT2D eigenvalue weighted by Crippen LogP contribution is -2.21. The predicted molar refractivity (Wildman–Crippen MR) is 78.4 cm³/mol. The lowest BCUT2D eigenvalue weighted by molar-refractivity contribution is 0.101. The van der Waals surface area contributed by atoms with Crippen LogP contribution in [-0.4, -0.2) is 27.0 Å². The highest BCUT2D eigenvalue weighted by Gasteiger charge is 2.08. The number of nitrogens with one attached hydrogen (secondary N) is 2. The molecule has 0 aliphatic carbocycles. The zero-order valence-electron chi connectivity index (χ0n) is 12.0. The quantitative estimate of drug-likeness (QED) is 0.844. The molecule has 108 valence electrons. The molecule has 2 rings (SSSR count). The van der Waals surface area contributed by atoms with E-state index in [-0.39, 0.29) is 11.7 Å². The molecule has 21 heavy (non-hydrogen) atoms. The van der Waals surface area contributed by atoms with Crippen LogP contribution in [0.2, 0.25) is 0 Å². The van der Waals surface area contributed by atoms with Gasteiger partial charge in [-0.3, -0.25) is 10.1 Å². The van der Waals surface area contributed by atoms with E-state index in [0.717, 1.165) is 0 Å². The van der Waals surface area contributed by atoms with E-state index in [0.29, 0.717) is 22.6 Å². The number of carbonyl (C=O) groups excluding carboxylic acids is 2. The number of aryl methyl sites for hydroxylation is 2. The number of rotatable bonds is 3. The molecule has 7 nitrogen and oxygen atoms in total. The summed E-state index contributed by atoms with van der Waals surface area (Å²) in [6.07, 6.45) is 0. The number of benzene rings is 1. The van der Waals surface area contributed by atoms with Gasteiger partial charge in [0, 0.05) is 11.3 Å². The maximum atomic E-state index is 11.8. The number of amides is 2. The number of hydrogen-bond acceptors (Lipinski definition) is 5. The van der Waals surface area contributed by atoms with Crippen molar-refractivity contribution >= 4 is 23.5 Å². The van der Waals surface area contributed by atoms with E-state index in [1.54, 1.807) is 38.1 Å². The molecule has 1 heterocycles. The zero-order valence-corrected chi connectivity index (χ0v) is 12.0. The Morgan fingerprint density at radius 3 is 2.48 bits per heavy atom. The average molecular weight is 285 g/mol. The molecule has 0 saturated heterocycles. The van der Waals surface area contributed by atoms with Crippen molar-refractivity contribution in [2.75, 3.05) is 10.6 Å². The first-order valence-corrected chi connectivity index (χ1v) is 6.32. The van der Waals surface area contributed by atoms with Gasteiger partial charge < -0.3 is 5.32 Å². The Bertz CT molecular complexity index is 700. The number of ketones is 1. The molecule has 1 aromatic carbocycles. The van der Waals surface area contributed by atoms with Crippen LogP contribution in [0.5, 0.6) is 0 Å². The number of nitrogens with zero attached hydrogens (tertiary/aromatic N) is 3. The molecule has 0 aliphatic heterocycles. The van der Waals surface area contributed by atoms with Crippen molar-refractivity contribution in [3.8, 4) is 0 Å². The second kappa shape index (κ2) is 6.08. The zero-order chi connectivity index (χ0) is 15.4. The summed E-state index contributed by atoms with van der Waals surface area (Å²) in [6, 6.07) is 6.16. The minimum Gasteiger partial charge on any atom is -0.308 e. The van der Waals surface area contributed by atoms with Crippen LogP contribution in [0.25, 0.3) is 0 Å². The lowest BCUT2D eigenvalue weighted by Gasteiger charge is -2.07. The molecule has 2 amide bonds. The molecule has 2 aromatic rings. The molecule has 1 aromatic heterocycles. The Morgan fingerprint density at radius 2 is 1.81 bits per heavy atom. The van der Waals surface area contributed by atoms with Crippen LogP contribution in [0.3, 0.4) is 0 Å². The maximum absolute atomic E-state index is 11.8. The van der Waals surface area contributed by atoms with Gasteiger partial charge in [-0.15, -0.1) is 5.10 Å². The molecule has 0 unspecified atom stereocenters. The van der Waals surface area contributed by atoms with Crippen LogP contribution in [0.1, 0.15) is 28.7 Å². The van der Waals surface area contributed by atoms with Gasteiger partial charge in [-0.25, -0.2) is 9.78 Å². The summed E-state index contributed by atoms with van der Waals surface area (Å²) in [5.74, 6) is 0.0547. The van der Waals surface area contributed by atoms with Gasteiger partial charge in [0.15, 0.2) is 5.78 Å². The Labute approximate surface area is 121 Å². The monoisotopic (exact) mass is 285 g/mol. The van der Waals surface area contributed by atoms with Crippen molar-refractivity contribution in [2.45, 2.75) is 20.8 Å². The smallest absolute Gasteiger partial charge is 0.308 e. The first kappa shape index (κ1) is 14.6. The van der Waals surface area contributed by atoms with Crippen LogP contribution in [0.4, 0.5) is 16.4 Å². The maximum Gasteiger partial charge on any atom is 0.326 e. The van der Waals surface area contributed by atoms with Crippen molar-refractivity contribution < 1.29 is 9.59 Å². The molecule has 0 radical (unpaired) electrons. The van der Waals surface area contributed by atoms with Crippen LogP contribution < -0.4 is 10.6 Å². The summed E-state index contributed by atoms with van der Waals surface area (Å²) in [5, 5.41) is 12.8. The lowest BCUT2D eigenvalue weighted by atomic mass is 10.1. The van der Waals surface area contributed by atoms with Gasteiger partial charge in [-0.05, 0) is 32.9 Å². The molecule has 0 saturated carbocycles. The summed E-state index contributed by atoms with van der Waals surface area (Å²) in [5.41, 5.74) is 2.43. The normalized spacial score (nSPS) is 10.0. The summed E-state index contributed by atoms with van der Waals surface area (Å²) >= 11 is 0. The van der Waals surface area contributed by atoms with Crippen molar-refractivity contribution in [1.29, 1.82) is 0 Å². The Balaban J connectivity index is 2.06. The fraction of sp³-hybridized carbons (Fsp3) is 0.214. The topological polar surface area (TPSA) is 96.9 Å². The highest BCUT2D eigenvalue weighted by Crippen LogP contribution is 2.11. The predicted octanol–water partition coefficient (Wildman–Crippen LogP) is 2.34. The minimum atomic E-state index is -0.499. The second-order valence-corrected chi connectivity index (χ2v) is 4.52. The van der Waals surface area contributed by atoms with Gasteiger partial charge in [-0.2, -0.15) is 5.10 Å². The van der Waals surface area contributed by atoms with E-state index >= 15 is 0 Å². The SMILES string of the molecule is CC(=O)c1cccc(NC(=O)Nc2nnc(C)c(C)n2)c1. The molecule has 0 aliphatic rings. The van der Waals surface area contributed by atoms with Gasteiger partial charge in [0.05, 0.1) is 11.4 Å². The average Bonchev–Trinajstić information content (AvgIpc) is 2.43. The van der Waals surface area contributed by atoms with E-state index in [1.165, 1.54) is 6.92 Å². The molecule has 0 bridgehead atoms. The third-order valence-electron chi connectivity index (χ3n) is 2.84. The van der Waals surface area contributed by atoms with E-state index in [9.17, 15) is 9.59 Å². The summed E-state index contributed by atoms with van der Waals surface area (Å²) in [7, 11) is 0. The second-order valence-electron chi connectivity index (χ2n) is 4.52. The van der Waals surface area contributed by atoms with Crippen LogP contribution >= 0.6 is 0 Å². The van der Waals surface area contributed by atoms with Gasteiger partial charge in [0.2, 0.25) is 0 Å². The fourth-order valence-electron chi connectivity index (χ4n) is 1.59. The first-order valence-electron chi connectivity index (χ1n) is 6.32. The Hall–Kier alpha value is -2.83. The standard InChI is InChI=1S/C14H15N5O2/c1-8-9(2)18-19-13(15-8)17-14(21)16-12-6-4-5-11(7-12)10(3)20/h4-7H,1-3H3,(H2,15,16,17,19,21). The summed E-state index contributed by atoms with van der Waals surface area (Å²) < 4.78 is 0. The molecule has 2 N–H and O–H groups in total. The van der Waals surface area contributed by atoms with Gasteiger partial charge in [0.25, 0.3) is 5.95 Å². The highest BCUT2D eigenvalue weighted by molar-refractivity contribution is 6.00. The fourth-order valence-corrected chi connectivity index (χ4v) is 1.59. The van der Waals surface area contributed by atoms with Crippen LogP contribution in [0.15, 0.2) is 24.3 Å². The van der Waals surface area contributed by atoms with Crippen molar-refractivity contribution in [1.82, 2.24) is 15.2 Å². The third kappa shape index (κ3) is 3.82. The number of anilines is 2. The molecule has 0 spiro atoms. The third-order valence-corrected chi connectivity index (χ3v) is 2.84. The first-order chi connectivity index (χ1) is 9.95. The van der Waals surface area contributed by atoms with Crippen LogP contribution in [0, 0.1) is 13.8 Å². The molecule has 7 heteroatoms. The number of Topliss-reactive ketones (excluding diaryl/α,β-unsaturated/α-hetero) is 1. The number of hydrogen-bond donors (Lipinski definition) is 2. The molecular weight excluding hydrogens is 270 g/mol. The van der Waals surface area contributed by atoms with Gasteiger partial charge in [-0.1, -0.05) is 12.1 Å². The summed E-state index contributed by atoms with van der Waals surface area (Å²) in [6.45, 7) is 5.03. The van der Waals surface area contributed by atoms with Gasteiger partial charge in [0.1, 0.15) is 0 Å². The molecule has 0 fully saturated rings. The van der Waals surface area contributed by atoms with Crippen molar-refractivity contribution in [3.05, 3.63) is 41.2 Å². The Kier molecular flexibility index (Phi) is 4.22. The van der Waals surface area contributed by atoms with Gasteiger partial charge >= 0.3 is 6.03 Å². The molecule has 0 atom stereocenters. The number of aromatic nitrogens is 3. The summed E-state index contributed by atoms with van der Waals surface area (Å²) in [4.78, 5) is 27.2. The van der Waals surface area contributed by atoms with Crippen LogP contribution in [-0.2, 0) is 0 Å². The van der Waals surface area contributed by atoms with Crippen molar-refractivity contribution in [2.24, 2.45) is 0 Å². The highest BCUT2D eigenvalue weighted by atomic mass is 16.2. The number of urea groups is 1. The van der Waals surface area contributed by atoms with E-state index < -0.39 is 6.03 Å². The van der Waals surface area contributed by atoms with Crippen molar-refractivity contribution in [3.63, 3.8) is 0 Å². The number of carbonyl (C=O) groups is 2. The van der Waals surface area contributed by atoms with E-state index in [4.69, 9.17) is 0 Å². The largest absolute Gasteiger partial charge is 0.326 e.